The third-order valence-electron chi connectivity index (χ3n) is 3.39. The van der Waals surface area contributed by atoms with E-state index in [-0.39, 0.29) is 5.91 Å². The van der Waals surface area contributed by atoms with Crippen molar-refractivity contribution in [2.24, 2.45) is 5.73 Å². The molecule has 1 fully saturated rings. The number of nitrogens with one attached hydrogen (secondary N) is 2. The van der Waals surface area contributed by atoms with Gasteiger partial charge in [-0.2, -0.15) is 0 Å². The number of benzene rings is 1. The second-order valence-corrected chi connectivity index (χ2v) is 4.41. The first-order chi connectivity index (χ1) is 8.24. The molecule has 4 nitrogen and oxygen atoms in total. The second kappa shape index (κ2) is 5.19. The van der Waals surface area contributed by atoms with Gasteiger partial charge in [-0.3, -0.25) is 4.79 Å². The van der Waals surface area contributed by atoms with Crippen molar-refractivity contribution in [2.75, 3.05) is 25.5 Å². The summed E-state index contributed by atoms with van der Waals surface area (Å²) in [7, 11) is 1.84. The van der Waals surface area contributed by atoms with Gasteiger partial charge in [-0.1, -0.05) is 12.1 Å². The van der Waals surface area contributed by atoms with Crippen LogP contribution in [0.3, 0.4) is 0 Å². The Kier molecular flexibility index (Phi) is 3.64. The number of carbonyl (C=O) groups is 1. The van der Waals surface area contributed by atoms with Gasteiger partial charge >= 0.3 is 0 Å². The lowest BCUT2D eigenvalue weighted by atomic mass is 9.87. The second-order valence-electron chi connectivity index (χ2n) is 4.41. The van der Waals surface area contributed by atoms with Crippen molar-refractivity contribution in [3.63, 3.8) is 0 Å². The molecule has 0 aliphatic carbocycles. The van der Waals surface area contributed by atoms with Crippen LogP contribution in [0.5, 0.6) is 0 Å². The van der Waals surface area contributed by atoms with Crippen molar-refractivity contribution in [1.29, 1.82) is 0 Å². The molecule has 0 spiro atoms. The first kappa shape index (κ1) is 11.9. The highest BCUT2D eigenvalue weighted by Crippen LogP contribution is 2.32. The van der Waals surface area contributed by atoms with E-state index in [9.17, 15) is 4.79 Å². The maximum atomic E-state index is 11.4. The van der Waals surface area contributed by atoms with Crippen molar-refractivity contribution >= 4 is 11.6 Å². The lowest BCUT2D eigenvalue weighted by Gasteiger charge is -2.25. The number of carbonyl (C=O) groups excluding carboxylic acids is 1. The van der Waals surface area contributed by atoms with Crippen molar-refractivity contribution in [2.45, 2.75) is 18.8 Å². The summed E-state index contributed by atoms with van der Waals surface area (Å²) < 4.78 is 0. The van der Waals surface area contributed by atoms with Gasteiger partial charge in [0.25, 0.3) is 5.91 Å². The van der Waals surface area contributed by atoms with Crippen LogP contribution < -0.4 is 16.4 Å². The van der Waals surface area contributed by atoms with Gasteiger partial charge in [-0.15, -0.1) is 0 Å². The van der Waals surface area contributed by atoms with Gasteiger partial charge in [0, 0.05) is 7.05 Å². The molecule has 0 aromatic heterocycles. The van der Waals surface area contributed by atoms with Crippen LogP contribution in [0.15, 0.2) is 18.2 Å². The number of rotatable bonds is 3. The number of anilines is 1. The summed E-state index contributed by atoms with van der Waals surface area (Å²) >= 11 is 0. The smallest absolute Gasteiger partial charge is 0.250 e. The summed E-state index contributed by atoms with van der Waals surface area (Å²) in [6, 6.07) is 5.78. The molecule has 1 heterocycles. The molecule has 0 radical (unpaired) electrons. The lowest BCUT2D eigenvalue weighted by molar-refractivity contribution is 0.100. The average molecular weight is 233 g/mol. The zero-order valence-electron chi connectivity index (χ0n) is 10.1. The fraction of sp³-hybridized carbons (Fsp3) is 0.462. The third-order valence-corrected chi connectivity index (χ3v) is 3.39. The van der Waals surface area contributed by atoms with Crippen LogP contribution in [0, 0.1) is 0 Å². The lowest BCUT2D eigenvalue weighted by Crippen LogP contribution is -2.27. The van der Waals surface area contributed by atoms with Gasteiger partial charge in [-0.25, -0.2) is 0 Å². The number of nitrogens with two attached hydrogens (primary N) is 1. The summed E-state index contributed by atoms with van der Waals surface area (Å²) in [5.41, 5.74) is 8.09. The van der Waals surface area contributed by atoms with E-state index in [1.807, 2.05) is 13.1 Å². The Labute approximate surface area is 102 Å². The Morgan fingerprint density at radius 2 is 2.12 bits per heavy atom. The number of hydrogen-bond donors (Lipinski definition) is 3. The highest BCUT2D eigenvalue weighted by molar-refractivity contribution is 5.99. The van der Waals surface area contributed by atoms with Gasteiger partial charge in [0.2, 0.25) is 0 Å². The molecule has 1 aromatic carbocycles. The van der Waals surface area contributed by atoms with E-state index in [0.29, 0.717) is 11.5 Å². The van der Waals surface area contributed by atoms with E-state index in [4.69, 9.17) is 5.73 Å². The highest BCUT2D eigenvalue weighted by atomic mass is 16.1. The first-order valence-corrected chi connectivity index (χ1v) is 6.05. The Hall–Kier alpha value is -1.55. The summed E-state index contributed by atoms with van der Waals surface area (Å²) in [6.07, 6.45) is 2.22. The van der Waals surface area contributed by atoms with E-state index in [2.05, 4.69) is 16.7 Å². The molecular formula is C13H19N3O. The minimum atomic E-state index is -0.370. The topological polar surface area (TPSA) is 67.1 Å². The fourth-order valence-corrected chi connectivity index (χ4v) is 2.53. The number of amides is 1. The van der Waals surface area contributed by atoms with Crippen LogP contribution in [0.2, 0.25) is 0 Å². The maximum absolute atomic E-state index is 11.4. The zero-order valence-corrected chi connectivity index (χ0v) is 10.1. The van der Waals surface area contributed by atoms with Crippen molar-refractivity contribution < 1.29 is 4.79 Å². The van der Waals surface area contributed by atoms with E-state index in [1.54, 1.807) is 6.07 Å². The van der Waals surface area contributed by atoms with E-state index < -0.39 is 0 Å². The van der Waals surface area contributed by atoms with Crippen LogP contribution >= 0.6 is 0 Å². The molecule has 1 saturated heterocycles. The van der Waals surface area contributed by atoms with E-state index in [1.165, 1.54) is 5.56 Å². The molecule has 1 aliphatic heterocycles. The van der Waals surface area contributed by atoms with Crippen molar-refractivity contribution in [3.8, 4) is 0 Å². The normalized spacial score (nSPS) is 16.8. The molecule has 0 atom stereocenters. The largest absolute Gasteiger partial charge is 0.387 e. The summed E-state index contributed by atoms with van der Waals surface area (Å²) in [6.45, 7) is 2.07. The number of primary amides is 1. The summed E-state index contributed by atoms with van der Waals surface area (Å²) in [4.78, 5) is 11.4. The first-order valence-electron chi connectivity index (χ1n) is 6.05. The Morgan fingerprint density at radius 3 is 2.71 bits per heavy atom. The standard InChI is InChI=1S/C13H19N3O/c1-15-12-10(9-5-7-16-8-6-9)3-2-4-11(12)13(14)17/h2-4,9,15-16H,5-8H2,1H3,(H2,14,17). The van der Waals surface area contributed by atoms with Crippen LogP contribution in [0.4, 0.5) is 5.69 Å². The monoisotopic (exact) mass is 233 g/mol. The molecule has 4 N–H and O–H groups in total. The molecule has 92 valence electrons. The average Bonchev–Trinajstić information content (AvgIpc) is 2.38. The molecule has 0 bridgehead atoms. The van der Waals surface area contributed by atoms with Crippen LogP contribution in [-0.4, -0.2) is 26.0 Å². The SMILES string of the molecule is CNc1c(C(N)=O)cccc1C1CCNCC1. The Balaban J connectivity index is 2.38. The molecule has 2 rings (SSSR count). The molecule has 1 aromatic rings. The number of hydrogen-bond acceptors (Lipinski definition) is 3. The van der Waals surface area contributed by atoms with Gasteiger partial charge < -0.3 is 16.4 Å². The minimum Gasteiger partial charge on any atom is -0.387 e. The van der Waals surface area contributed by atoms with E-state index in [0.717, 1.165) is 31.6 Å². The maximum Gasteiger partial charge on any atom is 0.250 e. The molecule has 17 heavy (non-hydrogen) atoms. The number of piperidine rings is 1. The van der Waals surface area contributed by atoms with E-state index >= 15 is 0 Å². The molecule has 1 aliphatic rings. The molecule has 1 amide bonds. The van der Waals surface area contributed by atoms with Crippen molar-refractivity contribution in [1.82, 2.24) is 5.32 Å². The van der Waals surface area contributed by atoms with Crippen molar-refractivity contribution in [3.05, 3.63) is 29.3 Å². The highest BCUT2D eigenvalue weighted by Gasteiger charge is 2.20. The minimum absolute atomic E-state index is 0.370. The predicted octanol–water partition coefficient (Wildman–Crippen LogP) is 1.29. The zero-order chi connectivity index (χ0) is 12.3. The number of para-hydroxylation sites is 1. The third kappa shape index (κ3) is 2.42. The molecule has 4 heteroatoms. The fourth-order valence-electron chi connectivity index (χ4n) is 2.53. The Morgan fingerprint density at radius 1 is 1.41 bits per heavy atom. The van der Waals surface area contributed by atoms with Crippen LogP contribution in [0.1, 0.15) is 34.7 Å². The molecule has 0 saturated carbocycles. The van der Waals surface area contributed by atoms with Crippen LogP contribution in [0.25, 0.3) is 0 Å². The van der Waals surface area contributed by atoms with Crippen LogP contribution in [-0.2, 0) is 0 Å². The summed E-state index contributed by atoms with van der Waals surface area (Å²) in [5, 5.41) is 6.47. The quantitative estimate of drug-likeness (QED) is 0.737. The predicted molar refractivity (Wildman–Crippen MR) is 69.4 cm³/mol. The Bertz CT molecular complexity index is 411. The molecule has 0 unspecified atom stereocenters. The molecular weight excluding hydrogens is 214 g/mol. The van der Waals surface area contributed by atoms with Gasteiger partial charge in [0.05, 0.1) is 11.3 Å². The van der Waals surface area contributed by atoms with Gasteiger partial charge in [0.15, 0.2) is 0 Å². The summed E-state index contributed by atoms with van der Waals surface area (Å²) in [5.74, 6) is 0.142. The van der Waals surface area contributed by atoms with Gasteiger partial charge in [-0.05, 0) is 43.5 Å². The van der Waals surface area contributed by atoms with Gasteiger partial charge in [0.1, 0.15) is 0 Å².